The van der Waals surface area contributed by atoms with E-state index >= 15 is 0 Å². The van der Waals surface area contributed by atoms with E-state index in [1.165, 1.54) is 44.7 Å². The maximum Gasteiger partial charge on any atom is 0.263 e. The molecule has 1 aromatic rings. The number of carbonyl (C=O) groups excluding carboxylic acids is 1. The van der Waals surface area contributed by atoms with Gasteiger partial charge in [-0.05, 0) is 62.7 Å². The lowest BCUT2D eigenvalue weighted by Crippen LogP contribution is -2.39. The average molecular weight is 331 g/mol. The molecule has 0 radical (unpaired) electrons. The van der Waals surface area contributed by atoms with Crippen LogP contribution in [0.1, 0.15) is 55.3 Å². The molecule has 0 aromatic carbocycles. The zero-order chi connectivity index (χ0) is 16.9. The summed E-state index contributed by atoms with van der Waals surface area (Å²) in [4.78, 5) is 26.2. The van der Waals surface area contributed by atoms with Crippen LogP contribution in [-0.4, -0.2) is 35.0 Å². The Kier molecular flexibility index (Phi) is 5.72. The Morgan fingerprint density at radius 2 is 1.71 bits per heavy atom. The monoisotopic (exact) mass is 331 g/mol. The Labute approximate surface area is 143 Å². The third-order valence-corrected chi connectivity index (χ3v) is 5.69. The summed E-state index contributed by atoms with van der Waals surface area (Å²) in [7, 11) is 0. The number of rotatable bonds is 5. The van der Waals surface area contributed by atoms with Crippen molar-refractivity contribution in [1.82, 2.24) is 9.47 Å². The van der Waals surface area contributed by atoms with Crippen molar-refractivity contribution < 1.29 is 4.79 Å². The number of nitrogens with zero attached hydrogens (tertiary/aromatic N) is 2. The minimum absolute atomic E-state index is 0.0900. The highest BCUT2D eigenvalue weighted by Crippen LogP contribution is 2.26. The van der Waals surface area contributed by atoms with Crippen LogP contribution in [0.2, 0.25) is 0 Å². The lowest BCUT2D eigenvalue weighted by atomic mass is 9.88. The zero-order valence-corrected chi connectivity index (χ0v) is 14.5. The standard InChI is InChI=1S/C19H29N3O2/c20-18(23)17-7-4-10-22(19(17)24)14-16-8-11-21(12-9-16)13-15-5-2-1-3-6-15/h4,7,10,15-16H,1-3,5-6,8-9,11-14H2,(H2,20,23). The molecule has 0 atom stereocenters. The van der Waals surface area contributed by atoms with Gasteiger partial charge in [0.15, 0.2) is 0 Å². The molecular formula is C19H29N3O2. The number of hydrogen-bond acceptors (Lipinski definition) is 3. The third-order valence-electron chi connectivity index (χ3n) is 5.69. The first-order chi connectivity index (χ1) is 11.6. The van der Waals surface area contributed by atoms with Crippen LogP contribution >= 0.6 is 0 Å². The molecule has 0 spiro atoms. The number of hydrogen-bond donors (Lipinski definition) is 1. The first kappa shape index (κ1) is 17.2. The smallest absolute Gasteiger partial charge is 0.263 e. The second-order valence-electron chi connectivity index (χ2n) is 7.49. The fourth-order valence-corrected chi connectivity index (χ4v) is 4.23. The molecule has 1 aliphatic carbocycles. The predicted octanol–water partition coefficient (Wildman–Crippen LogP) is 2.24. The molecule has 2 heterocycles. The highest BCUT2D eigenvalue weighted by Gasteiger charge is 2.23. The fraction of sp³-hybridized carbons (Fsp3) is 0.684. The van der Waals surface area contributed by atoms with E-state index in [4.69, 9.17) is 5.73 Å². The zero-order valence-electron chi connectivity index (χ0n) is 14.5. The minimum atomic E-state index is -0.642. The molecular weight excluding hydrogens is 302 g/mol. The Balaban J connectivity index is 1.51. The lowest BCUT2D eigenvalue weighted by Gasteiger charge is -2.35. The highest BCUT2D eigenvalue weighted by molar-refractivity contribution is 5.92. The van der Waals surface area contributed by atoms with E-state index in [2.05, 4.69) is 4.90 Å². The quantitative estimate of drug-likeness (QED) is 0.900. The van der Waals surface area contributed by atoms with Gasteiger partial charge in [0.25, 0.3) is 11.5 Å². The molecule has 1 amide bonds. The molecule has 5 heteroatoms. The SMILES string of the molecule is NC(=O)c1cccn(CC2CCN(CC3CCCCC3)CC2)c1=O. The van der Waals surface area contributed by atoms with Gasteiger partial charge < -0.3 is 15.2 Å². The molecule has 24 heavy (non-hydrogen) atoms. The Bertz CT molecular complexity index is 611. The summed E-state index contributed by atoms with van der Waals surface area (Å²) in [5.41, 5.74) is 5.10. The van der Waals surface area contributed by atoms with Crippen molar-refractivity contribution >= 4 is 5.91 Å². The van der Waals surface area contributed by atoms with Gasteiger partial charge in [-0.2, -0.15) is 0 Å². The molecule has 1 saturated heterocycles. The molecule has 2 fully saturated rings. The van der Waals surface area contributed by atoms with Crippen LogP contribution in [-0.2, 0) is 6.54 Å². The Morgan fingerprint density at radius 1 is 1.04 bits per heavy atom. The number of amides is 1. The van der Waals surface area contributed by atoms with Crippen LogP contribution < -0.4 is 11.3 Å². The molecule has 2 aliphatic rings. The van der Waals surface area contributed by atoms with Gasteiger partial charge in [-0.1, -0.05) is 19.3 Å². The number of aromatic nitrogens is 1. The molecule has 1 saturated carbocycles. The van der Waals surface area contributed by atoms with Gasteiger partial charge in [0.1, 0.15) is 5.56 Å². The van der Waals surface area contributed by atoms with E-state index in [0.717, 1.165) is 31.8 Å². The van der Waals surface area contributed by atoms with Crippen molar-refractivity contribution in [3.63, 3.8) is 0 Å². The number of carbonyl (C=O) groups is 1. The first-order valence-electron chi connectivity index (χ1n) is 9.35. The average Bonchev–Trinajstić information content (AvgIpc) is 2.59. The largest absolute Gasteiger partial charge is 0.365 e. The summed E-state index contributed by atoms with van der Waals surface area (Å²) in [6.45, 7) is 4.21. The van der Waals surface area contributed by atoms with E-state index in [-0.39, 0.29) is 11.1 Å². The topological polar surface area (TPSA) is 68.3 Å². The summed E-state index contributed by atoms with van der Waals surface area (Å²) in [6, 6.07) is 3.24. The summed E-state index contributed by atoms with van der Waals surface area (Å²) >= 11 is 0. The van der Waals surface area contributed by atoms with E-state index < -0.39 is 5.91 Å². The highest BCUT2D eigenvalue weighted by atomic mass is 16.2. The summed E-state index contributed by atoms with van der Waals surface area (Å²) in [5.74, 6) is 0.759. The molecule has 3 rings (SSSR count). The van der Waals surface area contributed by atoms with Crippen molar-refractivity contribution in [3.05, 3.63) is 34.2 Å². The summed E-state index contributed by atoms with van der Waals surface area (Å²) < 4.78 is 1.65. The molecule has 132 valence electrons. The summed E-state index contributed by atoms with van der Waals surface area (Å²) in [6.07, 6.45) is 11.0. The maximum absolute atomic E-state index is 12.3. The van der Waals surface area contributed by atoms with E-state index in [0.29, 0.717) is 12.5 Å². The molecule has 2 N–H and O–H groups in total. The van der Waals surface area contributed by atoms with Gasteiger partial charge in [0.2, 0.25) is 0 Å². The van der Waals surface area contributed by atoms with Crippen LogP contribution in [0, 0.1) is 11.8 Å². The molecule has 1 aliphatic heterocycles. The molecule has 0 unspecified atom stereocenters. The number of pyridine rings is 1. The van der Waals surface area contributed by atoms with Crippen LogP contribution in [0.5, 0.6) is 0 Å². The van der Waals surface area contributed by atoms with Gasteiger partial charge >= 0.3 is 0 Å². The minimum Gasteiger partial charge on any atom is -0.365 e. The Hall–Kier alpha value is -1.62. The van der Waals surface area contributed by atoms with E-state index in [1.54, 1.807) is 16.8 Å². The number of nitrogens with two attached hydrogens (primary N) is 1. The van der Waals surface area contributed by atoms with E-state index in [9.17, 15) is 9.59 Å². The lowest BCUT2D eigenvalue weighted by molar-refractivity contribution is 0.0997. The molecule has 0 bridgehead atoms. The van der Waals surface area contributed by atoms with Crippen LogP contribution in [0.3, 0.4) is 0 Å². The number of likely N-dealkylation sites (tertiary alicyclic amines) is 1. The first-order valence-corrected chi connectivity index (χ1v) is 9.35. The Morgan fingerprint density at radius 3 is 2.38 bits per heavy atom. The van der Waals surface area contributed by atoms with Crippen LogP contribution in [0.25, 0.3) is 0 Å². The predicted molar refractivity (Wildman–Crippen MR) is 95.0 cm³/mol. The second kappa shape index (κ2) is 7.97. The van der Waals surface area contributed by atoms with Gasteiger partial charge in [0.05, 0.1) is 0 Å². The summed E-state index contributed by atoms with van der Waals surface area (Å²) in [5, 5.41) is 0. The van der Waals surface area contributed by atoms with Crippen molar-refractivity contribution in [3.8, 4) is 0 Å². The van der Waals surface area contributed by atoms with Crippen LogP contribution in [0.15, 0.2) is 23.1 Å². The van der Waals surface area contributed by atoms with Crippen molar-refractivity contribution in [1.29, 1.82) is 0 Å². The van der Waals surface area contributed by atoms with Crippen LogP contribution in [0.4, 0.5) is 0 Å². The normalized spacial score (nSPS) is 21.0. The molecule has 1 aromatic heterocycles. The maximum atomic E-state index is 12.3. The van der Waals surface area contributed by atoms with Gasteiger partial charge in [-0.15, -0.1) is 0 Å². The fourth-order valence-electron chi connectivity index (χ4n) is 4.23. The van der Waals surface area contributed by atoms with Crippen molar-refractivity contribution in [2.75, 3.05) is 19.6 Å². The third kappa shape index (κ3) is 4.26. The van der Waals surface area contributed by atoms with Gasteiger partial charge in [0, 0.05) is 19.3 Å². The van der Waals surface area contributed by atoms with Gasteiger partial charge in [-0.25, -0.2) is 0 Å². The van der Waals surface area contributed by atoms with Gasteiger partial charge in [-0.3, -0.25) is 9.59 Å². The number of primary amides is 1. The van der Waals surface area contributed by atoms with E-state index in [1.807, 2.05) is 0 Å². The van der Waals surface area contributed by atoms with Crippen molar-refractivity contribution in [2.45, 2.75) is 51.5 Å². The van der Waals surface area contributed by atoms with Crippen molar-refractivity contribution in [2.24, 2.45) is 17.6 Å². The number of piperidine rings is 1. The second-order valence-corrected chi connectivity index (χ2v) is 7.49. The molecule has 5 nitrogen and oxygen atoms in total.